The Balaban J connectivity index is 1.98. The first-order valence-electron chi connectivity index (χ1n) is 8.37. The number of benzene rings is 1. The average Bonchev–Trinajstić information content (AvgIpc) is 2.58. The predicted octanol–water partition coefficient (Wildman–Crippen LogP) is 3.18. The summed E-state index contributed by atoms with van der Waals surface area (Å²) >= 11 is 0. The van der Waals surface area contributed by atoms with Crippen LogP contribution in [0.2, 0.25) is 0 Å². The van der Waals surface area contributed by atoms with Crippen molar-refractivity contribution in [1.82, 2.24) is 9.97 Å². The fraction of sp³-hybridized carbons (Fsp3) is 0.250. The molecule has 6 heteroatoms. The normalized spacial score (nSPS) is 15.7. The summed E-state index contributed by atoms with van der Waals surface area (Å²) in [6.07, 6.45) is 3.50. The highest BCUT2D eigenvalue weighted by Gasteiger charge is 2.29. The number of anilines is 1. The molecule has 0 atom stereocenters. The lowest BCUT2D eigenvalue weighted by Gasteiger charge is -2.40. The first kappa shape index (κ1) is 16.3. The summed E-state index contributed by atoms with van der Waals surface area (Å²) in [6.45, 7) is 6.36. The van der Waals surface area contributed by atoms with Crippen LogP contribution in [0.25, 0.3) is 27.8 Å². The topological polar surface area (TPSA) is 79.2 Å². The molecule has 2 aromatic heterocycles. The van der Waals surface area contributed by atoms with Crippen LogP contribution >= 0.6 is 0 Å². The van der Waals surface area contributed by atoms with E-state index in [1.807, 2.05) is 19.2 Å². The maximum absolute atomic E-state index is 12.4. The molecule has 3 aromatic rings. The van der Waals surface area contributed by atoms with Gasteiger partial charge in [-0.3, -0.25) is 4.79 Å². The third kappa shape index (κ3) is 2.45. The van der Waals surface area contributed by atoms with E-state index in [-0.39, 0.29) is 16.7 Å². The van der Waals surface area contributed by atoms with Crippen molar-refractivity contribution < 1.29 is 4.42 Å². The number of nitrogens with zero attached hydrogens (tertiary/aromatic N) is 2. The van der Waals surface area contributed by atoms with E-state index in [0.29, 0.717) is 11.3 Å². The van der Waals surface area contributed by atoms with Crippen LogP contribution in [0.3, 0.4) is 0 Å². The quantitative estimate of drug-likeness (QED) is 0.683. The molecule has 0 radical (unpaired) electrons. The van der Waals surface area contributed by atoms with Gasteiger partial charge in [-0.2, -0.15) is 0 Å². The molecule has 0 saturated heterocycles. The Kier molecular flexibility index (Phi) is 3.41. The number of fused-ring (bicyclic) bond motifs is 2. The SMILES string of the molecule is CC1=CC(C)(C)N(C)c2cc3oc(=O)c(-c4cc(=O)[nH]cn4)cc3cc21. The minimum Gasteiger partial charge on any atom is -0.422 e. The van der Waals surface area contributed by atoms with E-state index in [1.54, 1.807) is 6.07 Å². The Morgan fingerprint density at radius 3 is 2.58 bits per heavy atom. The van der Waals surface area contributed by atoms with Gasteiger partial charge in [0, 0.05) is 35.8 Å². The van der Waals surface area contributed by atoms with E-state index in [9.17, 15) is 9.59 Å². The van der Waals surface area contributed by atoms with E-state index in [1.165, 1.54) is 18.0 Å². The van der Waals surface area contributed by atoms with Crippen LogP contribution in [0.5, 0.6) is 0 Å². The second-order valence-corrected chi connectivity index (χ2v) is 7.19. The fourth-order valence-electron chi connectivity index (χ4n) is 3.46. The molecule has 132 valence electrons. The molecule has 1 aliphatic rings. The maximum Gasteiger partial charge on any atom is 0.345 e. The van der Waals surface area contributed by atoms with Gasteiger partial charge < -0.3 is 14.3 Å². The summed E-state index contributed by atoms with van der Waals surface area (Å²) in [5.74, 6) is 0. The summed E-state index contributed by atoms with van der Waals surface area (Å²) < 4.78 is 5.55. The molecular formula is C20H19N3O3. The van der Waals surface area contributed by atoms with Crippen LogP contribution in [0.1, 0.15) is 26.3 Å². The lowest BCUT2D eigenvalue weighted by molar-refractivity contribution is 0.561. The van der Waals surface area contributed by atoms with Gasteiger partial charge in [-0.1, -0.05) is 6.08 Å². The molecule has 0 amide bonds. The third-order valence-corrected chi connectivity index (χ3v) is 5.03. The van der Waals surface area contributed by atoms with E-state index < -0.39 is 5.63 Å². The molecule has 0 spiro atoms. The van der Waals surface area contributed by atoms with Crippen molar-refractivity contribution in [3.8, 4) is 11.3 Å². The Labute approximate surface area is 149 Å². The Bertz CT molecular complexity index is 1180. The molecule has 0 bridgehead atoms. The molecule has 0 saturated carbocycles. The van der Waals surface area contributed by atoms with E-state index in [4.69, 9.17) is 4.42 Å². The highest BCUT2D eigenvalue weighted by molar-refractivity contribution is 5.92. The Morgan fingerprint density at radius 1 is 1.12 bits per heavy atom. The van der Waals surface area contributed by atoms with Gasteiger partial charge in [-0.15, -0.1) is 0 Å². The van der Waals surface area contributed by atoms with Gasteiger partial charge in [-0.05, 0) is 38.5 Å². The zero-order valence-electron chi connectivity index (χ0n) is 15.1. The molecule has 0 fully saturated rings. The zero-order valence-corrected chi connectivity index (χ0v) is 15.1. The van der Waals surface area contributed by atoms with Crippen molar-refractivity contribution >= 4 is 22.2 Å². The van der Waals surface area contributed by atoms with Gasteiger partial charge in [0.05, 0.1) is 23.1 Å². The van der Waals surface area contributed by atoms with Crippen LogP contribution in [-0.2, 0) is 0 Å². The number of rotatable bonds is 1. The number of hydrogen-bond donors (Lipinski definition) is 1. The van der Waals surface area contributed by atoms with E-state index in [2.05, 4.69) is 41.7 Å². The summed E-state index contributed by atoms with van der Waals surface area (Å²) in [7, 11) is 2.03. The standard InChI is InChI=1S/C20H19N3O3/c1-11-9-20(2,3)23(4)16-8-17-12(5-13(11)16)6-14(19(25)26-17)15-7-18(24)22-10-21-15/h5-10H,1-4H3,(H,21,22,24). The van der Waals surface area contributed by atoms with Crippen LogP contribution in [0.15, 0.2) is 50.7 Å². The second kappa shape index (κ2) is 5.42. The lowest BCUT2D eigenvalue weighted by atomic mass is 9.88. The number of aromatic nitrogens is 2. The van der Waals surface area contributed by atoms with Crippen molar-refractivity contribution in [3.63, 3.8) is 0 Å². The van der Waals surface area contributed by atoms with Gasteiger partial charge in [0.15, 0.2) is 0 Å². The van der Waals surface area contributed by atoms with Gasteiger partial charge in [0.25, 0.3) is 5.56 Å². The van der Waals surface area contributed by atoms with Crippen LogP contribution in [0, 0.1) is 0 Å². The number of hydrogen-bond acceptors (Lipinski definition) is 5. The van der Waals surface area contributed by atoms with Crippen molar-refractivity contribution in [3.05, 3.63) is 63.0 Å². The maximum atomic E-state index is 12.4. The summed E-state index contributed by atoms with van der Waals surface area (Å²) in [5.41, 5.74) is 3.42. The van der Waals surface area contributed by atoms with Crippen LogP contribution in [0.4, 0.5) is 5.69 Å². The van der Waals surface area contributed by atoms with E-state index >= 15 is 0 Å². The molecule has 3 heterocycles. The van der Waals surface area contributed by atoms with Crippen molar-refractivity contribution in [2.75, 3.05) is 11.9 Å². The van der Waals surface area contributed by atoms with Crippen molar-refractivity contribution in [2.24, 2.45) is 0 Å². The highest BCUT2D eigenvalue weighted by atomic mass is 16.4. The molecule has 6 nitrogen and oxygen atoms in total. The molecule has 1 N–H and O–H groups in total. The molecule has 0 aliphatic carbocycles. The van der Waals surface area contributed by atoms with Gasteiger partial charge in [0.2, 0.25) is 0 Å². The van der Waals surface area contributed by atoms with Crippen LogP contribution in [-0.4, -0.2) is 22.6 Å². The van der Waals surface area contributed by atoms with Crippen molar-refractivity contribution in [1.29, 1.82) is 0 Å². The highest BCUT2D eigenvalue weighted by Crippen LogP contribution is 2.40. The van der Waals surface area contributed by atoms with Gasteiger partial charge in [-0.25, -0.2) is 9.78 Å². The smallest absolute Gasteiger partial charge is 0.345 e. The summed E-state index contributed by atoms with van der Waals surface area (Å²) in [5, 5.41) is 0.793. The molecule has 26 heavy (non-hydrogen) atoms. The largest absolute Gasteiger partial charge is 0.422 e. The number of likely N-dealkylation sites (N-methyl/N-ethyl adjacent to an activating group) is 1. The van der Waals surface area contributed by atoms with Crippen molar-refractivity contribution in [2.45, 2.75) is 26.3 Å². The number of nitrogens with one attached hydrogen (secondary N) is 1. The van der Waals surface area contributed by atoms with Crippen LogP contribution < -0.4 is 16.1 Å². The lowest BCUT2D eigenvalue weighted by Crippen LogP contribution is -2.42. The second-order valence-electron chi connectivity index (χ2n) is 7.19. The number of allylic oxidation sites excluding steroid dienone is 1. The third-order valence-electron chi connectivity index (χ3n) is 5.03. The first-order chi connectivity index (χ1) is 12.3. The van der Waals surface area contributed by atoms with Gasteiger partial charge in [0.1, 0.15) is 5.58 Å². The molecule has 0 unspecified atom stereocenters. The average molecular weight is 349 g/mol. The summed E-state index contributed by atoms with van der Waals surface area (Å²) in [4.78, 5) is 32.7. The molecular weight excluding hydrogens is 330 g/mol. The molecule has 1 aliphatic heterocycles. The predicted molar refractivity (Wildman–Crippen MR) is 102 cm³/mol. The number of H-pyrrole nitrogens is 1. The summed E-state index contributed by atoms with van der Waals surface area (Å²) in [6, 6.07) is 6.94. The molecule has 1 aromatic carbocycles. The minimum absolute atomic E-state index is 0.125. The molecule has 4 rings (SSSR count). The Morgan fingerprint density at radius 2 is 1.85 bits per heavy atom. The Hall–Kier alpha value is -3.15. The number of aromatic amines is 1. The fourth-order valence-corrected chi connectivity index (χ4v) is 3.46. The monoisotopic (exact) mass is 349 g/mol. The zero-order chi connectivity index (χ0) is 18.6. The first-order valence-corrected chi connectivity index (χ1v) is 8.37. The van der Waals surface area contributed by atoms with E-state index in [0.717, 1.165) is 16.6 Å². The minimum atomic E-state index is -0.513. The van der Waals surface area contributed by atoms with Gasteiger partial charge >= 0.3 is 5.63 Å².